The molecular weight excluding hydrogens is 262 g/mol. The Hall–Kier alpha value is -2.10. The molecule has 2 aromatic rings. The van der Waals surface area contributed by atoms with Crippen LogP contribution in [0, 0.1) is 6.92 Å². The van der Waals surface area contributed by atoms with Crippen LogP contribution in [0.3, 0.4) is 0 Å². The van der Waals surface area contributed by atoms with Crippen LogP contribution >= 0.6 is 0 Å². The van der Waals surface area contributed by atoms with Gasteiger partial charge in [-0.1, -0.05) is 26.0 Å². The predicted octanol–water partition coefficient (Wildman–Crippen LogP) is 3.01. The molecule has 4 nitrogen and oxygen atoms in total. The molecular formula is C17H21N3O. The van der Waals surface area contributed by atoms with Gasteiger partial charge in [0.2, 0.25) is 0 Å². The van der Waals surface area contributed by atoms with Crippen molar-refractivity contribution in [2.45, 2.75) is 32.7 Å². The van der Waals surface area contributed by atoms with E-state index < -0.39 is 0 Å². The lowest BCUT2D eigenvalue weighted by atomic mass is 10.0. The van der Waals surface area contributed by atoms with E-state index in [1.807, 2.05) is 53.0 Å². The van der Waals surface area contributed by atoms with Gasteiger partial charge in [0, 0.05) is 24.8 Å². The SMILES string of the molecule is Cc1ccn(C2CN(C(=O)c3ccc(C(C)C)cc3)C2)n1. The highest BCUT2D eigenvalue weighted by molar-refractivity contribution is 5.94. The number of benzene rings is 1. The second-order valence-electron chi connectivity index (χ2n) is 6.08. The molecule has 0 unspecified atom stereocenters. The first-order valence-corrected chi connectivity index (χ1v) is 7.45. The average molecular weight is 283 g/mol. The van der Waals surface area contributed by atoms with Gasteiger partial charge in [0.05, 0.1) is 11.7 Å². The van der Waals surface area contributed by atoms with Crippen LogP contribution in [-0.4, -0.2) is 33.7 Å². The molecule has 2 heterocycles. The maximum atomic E-state index is 12.4. The first kappa shape index (κ1) is 13.9. The van der Waals surface area contributed by atoms with Gasteiger partial charge in [-0.3, -0.25) is 9.48 Å². The van der Waals surface area contributed by atoms with E-state index in [4.69, 9.17) is 0 Å². The van der Waals surface area contributed by atoms with Gasteiger partial charge >= 0.3 is 0 Å². The number of hydrogen-bond donors (Lipinski definition) is 0. The lowest BCUT2D eigenvalue weighted by molar-refractivity contribution is 0.0501. The smallest absolute Gasteiger partial charge is 0.253 e. The second-order valence-corrected chi connectivity index (χ2v) is 6.08. The Bertz CT molecular complexity index is 636. The Labute approximate surface area is 125 Å². The van der Waals surface area contributed by atoms with E-state index in [-0.39, 0.29) is 5.91 Å². The summed E-state index contributed by atoms with van der Waals surface area (Å²) in [5, 5.41) is 4.41. The number of carbonyl (C=O) groups excluding carboxylic acids is 1. The maximum Gasteiger partial charge on any atom is 0.253 e. The molecule has 1 fully saturated rings. The Morgan fingerprint density at radius 3 is 2.38 bits per heavy atom. The Morgan fingerprint density at radius 2 is 1.86 bits per heavy atom. The zero-order valence-electron chi connectivity index (χ0n) is 12.8. The summed E-state index contributed by atoms with van der Waals surface area (Å²) in [7, 11) is 0. The van der Waals surface area contributed by atoms with E-state index in [0.29, 0.717) is 12.0 Å². The summed E-state index contributed by atoms with van der Waals surface area (Å²) < 4.78 is 1.96. The Morgan fingerprint density at radius 1 is 1.19 bits per heavy atom. The maximum absolute atomic E-state index is 12.4. The largest absolute Gasteiger partial charge is 0.334 e. The summed E-state index contributed by atoms with van der Waals surface area (Å²) in [5.41, 5.74) is 3.05. The lowest BCUT2D eigenvalue weighted by Crippen LogP contribution is -2.50. The van der Waals surface area contributed by atoms with E-state index in [2.05, 4.69) is 18.9 Å². The predicted molar refractivity (Wildman–Crippen MR) is 82.4 cm³/mol. The average Bonchev–Trinajstić information content (AvgIpc) is 2.83. The van der Waals surface area contributed by atoms with Crippen molar-refractivity contribution in [2.24, 2.45) is 0 Å². The van der Waals surface area contributed by atoms with E-state index in [9.17, 15) is 4.79 Å². The van der Waals surface area contributed by atoms with Gasteiger partial charge in [0.15, 0.2) is 0 Å². The minimum absolute atomic E-state index is 0.116. The number of nitrogens with zero attached hydrogens (tertiary/aromatic N) is 3. The molecule has 0 atom stereocenters. The van der Waals surface area contributed by atoms with Gasteiger partial charge < -0.3 is 4.90 Å². The molecule has 110 valence electrons. The van der Waals surface area contributed by atoms with Crippen LogP contribution < -0.4 is 0 Å². The number of amides is 1. The number of likely N-dealkylation sites (tertiary alicyclic amines) is 1. The zero-order valence-corrected chi connectivity index (χ0v) is 12.8. The van der Waals surface area contributed by atoms with Gasteiger partial charge in [0.1, 0.15) is 0 Å². The number of rotatable bonds is 3. The molecule has 3 rings (SSSR count). The Kier molecular flexibility index (Phi) is 3.53. The van der Waals surface area contributed by atoms with Crippen LogP contribution in [0.15, 0.2) is 36.5 Å². The van der Waals surface area contributed by atoms with Crippen LogP contribution in [0.25, 0.3) is 0 Å². The number of hydrogen-bond acceptors (Lipinski definition) is 2. The first-order valence-electron chi connectivity index (χ1n) is 7.45. The molecule has 4 heteroatoms. The third-order valence-electron chi connectivity index (χ3n) is 4.09. The highest BCUT2D eigenvalue weighted by Crippen LogP contribution is 2.23. The molecule has 1 aromatic heterocycles. The molecule has 0 spiro atoms. The number of aromatic nitrogens is 2. The molecule has 0 radical (unpaired) electrons. The third kappa shape index (κ3) is 2.71. The van der Waals surface area contributed by atoms with Gasteiger partial charge in [0.25, 0.3) is 5.91 Å². The zero-order chi connectivity index (χ0) is 15.0. The van der Waals surface area contributed by atoms with Gasteiger partial charge in [-0.15, -0.1) is 0 Å². The fraction of sp³-hybridized carbons (Fsp3) is 0.412. The summed E-state index contributed by atoms with van der Waals surface area (Å²) in [5.74, 6) is 0.607. The van der Waals surface area contributed by atoms with Crippen LogP contribution in [0.5, 0.6) is 0 Å². The standard InChI is InChI=1S/C17H21N3O/c1-12(2)14-4-6-15(7-5-14)17(21)19-10-16(11-19)20-9-8-13(3)18-20/h4-9,12,16H,10-11H2,1-3H3. The highest BCUT2D eigenvalue weighted by Gasteiger charge is 2.32. The first-order chi connectivity index (χ1) is 10.0. The third-order valence-corrected chi connectivity index (χ3v) is 4.09. The fourth-order valence-corrected chi connectivity index (χ4v) is 2.62. The molecule has 21 heavy (non-hydrogen) atoms. The molecule has 1 aliphatic heterocycles. The molecule has 0 bridgehead atoms. The number of carbonyl (C=O) groups is 1. The summed E-state index contributed by atoms with van der Waals surface area (Å²) in [6.45, 7) is 7.78. The van der Waals surface area contributed by atoms with Crippen molar-refractivity contribution in [3.8, 4) is 0 Å². The monoisotopic (exact) mass is 283 g/mol. The minimum Gasteiger partial charge on any atom is -0.334 e. The van der Waals surface area contributed by atoms with Crippen LogP contribution in [0.2, 0.25) is 0 Å². The molecule has 1 amide bonds. The fourth-order valence-electron chi connectivity index (χ4n) is 2.62. The van der Waals surface area contributed by atoms with Crippen LogP contribution in [0.1, 0.15) is 47.4 Å². The van der Waals surface area contributed by atoms with Gasteiger partial charge in [-0.2, -0.15) is 5.10 Å². The van der Waals surface area contributed by atoms with Crippen LogP contribution in [0.4, 0.5) is 0 Å². The van der Waals surface area contributed by atoms with E-state index in [0.717, 1.165) is 24.3 Å². The normalized spacial score (nSPS) is 15.3. The summed E-state index contributed by atoms with van der Waals surface area (Å²) >= 11 is 0. The van der Waals surface area contributed by atoms with Crippen molar-refractivity contribution in [3.63, 3.8) is 0 Å². The molecule has 1 saturated heterocycles. The molecule has 1 aromatic carbocycles. The summed E-state index contributed by atoms with van der Waals surface area (Å²) in [6.07, 6.45) is 1.99. The van der Waals surface area contributed by atoms with Crippen molar-refractivity contribution in [3.05, 3.63) is 53.3 Å². The van der Waals surface area contributed by atoms with E-state index >= 15 is 0 Å². The minimum atomic E-state index is 0.116. The highest BCUT2D eigenvalue weighted by atomic mass is 16.2. The molecule has 0 N–H and O–H groups in total. The van der Waals surface area contributed by atoms with Crippen molar-refractivity contribution in [2.75, 3.05) is 13.1 Å². The van der Waals surface area contributed by atoms with Crippen molar-refractivity contribution in [1.82, 2.24) is 14.7 Å². The summed E-state index contributed by atoms with van der Waals surface area (Å²) in [6, 6.07) is 10.3. The lowest BCUT2D eigenvalue weighted by Gasteiger charge is -2.39. The molecule has 0 saturated carbocycles. The number of aryl methyl sites for hydroxylation is 1. The Balaban J connectivity index is 1.62. The molecule has 1 aliphatic rings. The molecule has 0 aliphatic carbocycles. The van der Waals surface area contributed by atoms with Gasteiger partial charge in [-0.05, 0) is 36.6 Å². The van der Waals surface area contributed by atoms with Gasteiger partial charge in [-0.25, -0.2) is 0 Å². The van der Waals surface area contributed by atoms with E-state index in [1.165, 1.54) is 5.56 Å². The van der Waals surface area contributed by atoms with E-state index in [1.54, 1.807) is 0 Å². The topological polar surface area (TPSA) is 38.1 Å². The van der Waals surface area contributed by atoms with Crippen molar-refractivity contribution in [1.29, 1.82) is 0 Å². The second kappa shape index (κ2) is 5.35. The van der Waals surface area contributed by atoms with Crippen LogP contribution in [-0.2, 0) is 0 Å². The summed E-state index contributed by atoms with van der Waals surface area (Å²) in [4.78, 5) is 14.3. The van der Waals surface area contributed by atoms with Crippen molar-refractivity contribution >= 4 is 5.91 Å². The van der Waals surface area contributed by atoms with Crippen molar-refractivity contribution < 1.29 is 4.79 Å². The quantitative estimate of drug-likeness (QED) is 0.868.